The van der Waals surface area contributed by atoms with Crippen LogP contribution >= 0.6 is 0 Å². The Morgan fingerprint density at radius 1 is 1.17 bits per heavy atom. The van der Waals surface area contributed by atoms with Crippen molar-refractivity contribution < 1.29 is 14.9 Å². The van der Waals surface area contributed by atoms with Gasteiger partial charge in [0, 0.05) is 17.5 Å². The van der Waals surface area contributed by atoms with Crippen molar-refractivity contribution >= 4 is 28.1 Å². The molecule has 3 aromatic rings. The quantitative estimate of drug-likeness (QED) is 0.441. The Bertz CT molecular complexity index is 944. The monoisotopic (exact) mass is 310 g/mol. The SMILES string of the molecule is CC(=Nc1cccc([NH+]([O-])O)c1)c1cc2ccccc2oc1=O. The Labute approximate surface area is 131 Å². The maximum absolute atomic E-state index is 12.1. The minimum Gasteiger partial charge on any atom is -0.595 e. The van der Waals surface area contributed by atoms with Gasteiger partial charge in [-0.2, -0.15) is 5.23 Å². The molecule has 0 saturated carbocycles. The average Bonchev–Trinajstić information content (AvgIpc) is 2.54. The van der Waals surface area contributed by atoms with Gasteiger partial charge in [0.15, 0.2) is 5.69 Å². The summed E-state index contributed by atoms with van der Waals surface area (Å²) in [5, 5.41) is 19.8. The molecule has 1 unspecified atom stereocenters. The van der Waals surface area contributed by atoms with Gasteiger partial charge in [-0.1, -0.05) is 24.3 Å². The Hall–Kier alpha value is -2.80. The van der Waals surface area contributed by atoms with E-state index in [1.807, 2.05) is 12.1 Å². The molecular weight excluding hydrogens is 296 g/mol. The van der Waals surface area contributed by atoms with Crippen molar-refractivity contribution in [3.63, 3.8) is 0 Å². The summed E-state index contributed by atoms with van der Waals surface area (Å²) < 4.78 is 5.28. The van der Waals surface area contributed by atoms with Crippen LogP contribution in [0.5, 0.6) is 0 Å². The molecule has 1 atom stereocenters. The number of hydrogen-bond acceptors (Lipinski definition) is 5. The first-order valence-electron chi connectivity index (χ1n) is 6.96. The topological polar surface area (TPSA) is 90.3 Å². The Morgan fingerprint density at radius 2 is 1.96 bits per heavy atom. The maximum Gasteiger partial charge on any atom is 0.345 e. The molecule has 2 N–H and O–H groups in total. The van der Waals surface area contributed by atoms with Crippen molar-refractivity contribution in [2.24, 2.45) is 4.99 Å². The number of quaternary nitrogens is 1. The van der Waals surface area contributed by atoms with Crippen LogP contribution in [-0.2, 0) is 0 Å². The highest BCUT2D eigenvalue weighted by molar-refractivity contribution is 6.01. The Morgan fingerprint density at radius 3 is 2.74 bits per heavy atom. The molecule has 0 radical (unpaired) electrons. The number of nitrogens with zero attached hydrogens (tertiary/aromatic N) is 1. The van der Waals surface area contributed by atoms with Crippen LogP contribution in [0.2, 0.25) is 0 Å². The van der Waals surface area contributed by atoms with Crippen LogP contribution in [0.4, 0.5) is 11.4 Å². The first-order chi connectivity index (χ1) is 11.0. The molecule has 0 spiro atoms. The van der Waals surface area contributed by atoms with Gasteiger partial charge in [0.05, 0.1) is 17.0 Å². The molecule has 0 aliphatic heterocycles. The Kier molecular flexibility index (Phi) is 4.03. The summed E-state index contributed by atoms with van der Waals surface area (Å²) in [5.74, 6) is 0. The highest BCUT2D eigenvalue weighted by Crippen LogP contribution is 2.18. The normalized spacial score (nSPS) is 13.3. The zero-order valence-electron chi connectivity index (χ0n) is 12.3. The summed E-state index contributed by atoms with van der Waals surface area (Å²) in [5.41, 5.74) is 1.47. The predicted molar refractivity (Wildman–Crippen MR) is 86.6 cm³/mol. The fourth-order valence-electron chi connectivity index (χ4n) is 2.28. The standard InChI is InChI=1S/C17H14N2O4/c1-11(18-13-6-4-7-14(10-13)19(21)22)15-9-12-5-2-3-8-16(12)23-17(15)20/h2-10,19,21H,1H3. The second-order valence-corrected chi connectivity index (χ2v) is 5.04. The number of benzene rings is 2. The minimum atomic E-state index is -1.02. The lowest BCUT2D eigenvalue weighted by molar-refractivity contribution is -0.991. The average molecular weight is 310 g/mol. The molecular formula is C17H14N2O4. The van der Waals surface area contributed by atoms with Gasteiger partial charge in [0.25, 0.3) is 0 Å². The van der Waals surface area contributed by atoms with Gasteiger partial charge in [-0.3, -0.25) is 4.99 Å². The van der Waals surface area contributed by atoms with Crippen molar-refractivity contribution in [2.45, 2.75) is 6.92 Å². The maximum atomic E-state index is 12.1. The van der Waals surface area contributed by atoms with E-state index in [-0.39, 0.29) is 5.69 Å². The third-order valence-electron chi connectivity index (χ3n) is 3.42. The summed E-state index contributed by atoms with van der Waals surface area (Å²) in [7, 11) is 0. The smallest absolute Gasteiger partial charge is 0.345 e. The van der Waals surface area contributed by atoms with Gasteiger partial charge in [0.1, 0.15) is 5.58 Å². The second kappa shape index (κ2) is 6.13. The number of nitrogens with one attached hydrogen (secondary N) is 1. The molecule has 6 nitrogen and oxygen atoms in total. The molecule has 1 aromatic heterocycles. The molecule has 116 valence electrons. The summed E-state index contributed by atoms with van der Waals surface area (Å²) in [6, 6.07) is 15.2. The molecule has 0 fully saturated rings. The number of rotatable bonds is 3. The van der Waals surface area contributed by atoms with Crippen LogP contribution in [0.1, 0.15) is 12.5 Å². The van der Waals surface area contributed by atoms with Crippen molar-refractivity contribution in [2.75, 3.05) is 0 Å². The van der Waals surface area contributed by atoms with Gasteiger partial charge in [-0.25, -0.2) is 10.0 Å². The van der Waals surface area contributed by atoms with Crippen LogP contribution in [0.25, 0.3) is 11.0 Å². The summed E-state index contributed by atoms with van der Waals surface area (Å²) in [6.45, 7) is 1.69. The van der Waals surface area contributed by atoms with E-state index in [1.165, 1.54) is 12.1 Å². The molecule has 0 saturated heterocycles. The fraction of sp³-hybridized carbons (Fsp3) is 0.0588. The van der Waals surface area contributed by atoms with Gasteiger partial charge in [-0.05, 0) is 25.1 Å². The predicted octanol–water partition coefficient (Wildman–Crippen LogP) is 2.34. The minimum absolute atomic E-state index is 0.143. The molecule has 0 aliphatic rings. The second-order valence-electron chi connectivity index (χ2n) is 5.04. The molecule has 23 heavy (non-hydrogen) atoms. The number of fused-ring (bicyclic) bond motifs is 1. The first kappa shape index (κ1) is 15.1. The fourth-order valence-corrected chi connectivity index (χ4v) is 2.28. The van der Waals surface area contributed by atoms with Crippen LogP contribution < -0.4 is 10.9 Å². The highest BCUT2D eigenvalue weighted by Gasteiger charge is 2.09. The summed E-state index contributed by atoms with van der Waals surface area (Å²) in [6.07, 6.45) is 0. The van der Waals surface area contributed by atoms with Crippen LogP contribution in [0, 0.1) is 5.21 Å². The molecule has 2 aromatic carbocycles. The molecule has 0 aliphatic carbocycles. The lowest BCUT2D eigenvalue weighted by Gasteiger charge is -2.11. The number of hydrogen-bond donors (Lipinski definition) is 2. The van der Waals surface area contributed by atoms with E-state index in [4.69, 9.17) is 9.62 Å². The number of aliphatic imine (C=N–C) groups is 1. The van der Waals surface area contributed by atoms with Crippen molar-refractivity contribution in [3.8, 4) is 0 Å². The van der Waals surface area contributed by atoms with Gasteiger partial charge in [0.2, 0.25) is 0 Å². The van der Waals surface area contributed by atoms with E-state index in [0.717, 1.165) is 5.39 Å². The Balaban J connectivity index is 2.06. The van der Waals surface area contributed by atoms with Crippen molar-refractivity contribution in [3.05, 3.63) is 75.8 Å². The third-order valence-corrected chi connectivity index (χ3v) is 3.42. The zero-order valence-corrected chi connectivity index (χ0v) is 12.3. The van der Waals surface area contributed by atoms with Crippen LogP contribution in [0.15, 0.2) is 68.8 Å². The first-order valence-corrected chi connectivity index (χ1v) is 6.96. The summed E-state index contributed by atoms with van der Waals surface area (Å²) in [4.78, 5) is 16.4. The lowest BCUT2D eigenvalue weighted by Crippen LogP contribution is -2.99. The molecule has 1 heterocycles. The van der Waals surface area contributed by atoms with Gasteiger partial charge < -0.3 is 9.62 Å². The number of para-hydroxylation sites is 1. The summed E-state index contributed by atoms with van der Waals surface area (Å²) >= 11 is 0. The van der Waals surface area contributed by atoms with E-state index in [0.29, 0.717) is 22.5 Å². The third kappa shape index (κ3) is 3.19. The van der Waals surface area contributed by atoms with E-state index in [9.17, 15) is 10.0 Å². The van der Waals surface area contributed by atoms with E-state index < -0.39 is 10.9 Å². The molecule has 0 amide bonds. The van der Waals surface area contributed by atoms with E-state index in [2.05, 4.69) is 4.99 Å². The van der Waals surface area contributed by atoms with Gasteiger partial charge in [-0.15, -0.1) is 0 Å². The van der Waals surface area contributed by atoms with Crippen LogP contribution in [-0.4, -0.2) is 10.9 Å². The molecule has 6 heteroatoms. The largest absolute Gasteiger partial charge is 0.595 e. The lowest BCUT2D eigenvalue weighted by atomic mass is 10.1. The van der Waals surface area contributed by atoms with Crippen molar-refractivity contribution in [1.82, 2.24) is 0 Å². The highest BCUT2D eigenvalue weighted by atomic mass is 16.8. The van der Waals surface area contributed by atoms with Crippen LogP contribution in [0.3, 0.4) is 0 Å². The van der Waals surface area contributed by atoms with Crippen molar-refractivity contribution in [1.29, 1.82) is 0 Å². The van der Waals surface area contributed by atoms with Gasteiger partial charge >= 0.3 is 5.63 Å². The molecule has 0 bridgehead atoms. The van der Waals surface area contributed by atoms with E-state index in [1.54, 1.807) is 37.3 Å². The van der Waals surface area contributed by atoms with E-state index >= 15 is 0 Å². The molecule has 3 rings (SSSR count). The zero-order chi connectivity index (χ0) is 16.4.